The van der Waals surface area contributed by atoms with Gasteiger partial charge in [0.25, 0.3) is 10.0 Å². The van der Waals surface area contributed by atoms with Crippen molar-refractivity contribution in [3.05, 3.63) is 71.8 Å². The van der Waals surface area contributed by atoms with Gasteiger partial charge in [0.15, 0.2) is 11.5 Å². The number of carbonyl (C=O) groups excluding carboxylic acids is 1. The number of benzene rings is 3. The molecule has 0 aromatic heterocycles. The number of nitrogens with one attached hydrogen (secondary N) is 1. The third kappa shape index (κ3) is 6.31. The highest BCUT2D eigenvalue weighted by molar-refractivity contribution is 7.92. The highest BCUT2D eigenvalue weighted by Crippen LogP contribution is 2.37. The topological polar surface area (TPSA) is 103 Å². The van der Waals surface area contributed by atoms with Crippen LogP contribution in [0.3, 0.4) is 0 Å². The monoisotopic (exact) mass is 542 g/mol. The van der Waals surface area contributed by atoms with Gasteiger partial charge in [-0.15, -0.1) is 0 Å². The van der Waals surface area contributed by atoms with Crippen molar-refractivity contribution in [1.82, 2.24) is 5.32 Å². The first-order valence-electron chi connectivity index (χ1n) is 12.0. The molecule has 0 heterocycles. The van der Waals surface area contributed by atoms with E-state index in [9.17, 15) is 13.2 Å². The van der Waals surface area contributed by atoms with Crippen LogP contribution in [-0.2, 0) is 21.2 Å². The molecule has 1 atom stereocenters. The number of aryl methyl sites for hydroxylation is 1. The van der Waals surface area contributed by atoms with Crippen LogP contribution >= 0.6 is 0 Å². The molecular formula is C28H34N2O7S. The molecule has 0 aliphatic rings. The van der Waals surface area contributed by atoms with E-state index in [1.807, 2.05) is 31.2 Å². The van der Waals surface area contributed by atoms with Crippen LogP contribution < -0.4 is 28.6 Å². The molecule has 0 radical (unpaired) electrons. The zero-order valence-corrected chi connectivity index (χ0v) is 23.3. The van der Waals surface area contributed by atoms with Crippen LogP contribution in [0.15, 0.2) is 65.6 Å². The predicted octanol–water partition coefficient (Wildman–Crippen LogP) is 4.36. The van der Waals surface area contributed by atoms with Gasteiger partial charge in [-0.25, -0.2) is 8.42 Å². The van der Waals surface area contributed by atoms with Crippen LogP contribution in [0, 0.1) is 0 Å². The minimum Gasteiger partial charge on any atom is -0.497 e. The van der Waals surface area contributed by atoms with Gasteiger partial charge in [0.1, 0.15) is 18.0 Å². The molecular weight excluding hydrogens is 508 g/mol. The molecule has 3 aromatic carbocycles. The standard InChI is InChI=1S/C28H34N2O7S/c1-7-20-8-10-21(11-9-20)19(2)29-28(31)18-30(24-16-22(34-3)12-14-25(24)35-4)38(32,33)23-13-15-26(36-5)27(17-23)37-6/h8-17,19H,7,18H2,1-6H3,(H,29,31)/t19-/m1/s1. The van der Waals surface area contributed by atoms with Crippen LogP contribution in [0.5, 0.6) is 23.0 Å². The molecule has 0 aliphatic heterocycles. The lowest BCUT2D eigenvalue weighted by atomic mass is 10.1. The van der Waals surface area contributed by atoms with Crippen molar-refractivity contribution in [3.8, 4) is 23.0 Å². The van der Waals surface area contributed by atoms with Crippen LogP contribution in [0.25, 0.3) is 0 Å². The van der Waals surface area contributed by atoms with Gasteiger partial charge in [-0.3, -0.25) is 9.10 Å². The van der Waals surface area contributed by atoms with E-state index >= 15 is 0 Å². The molecule has 3 aromatic rings. The Hall–Kier alpha value is -3.92. The van der Waals surface area contributed by atoms with Crippen molar-refractivity contribution in [2.45, 2.75) is 31.2 Å². The molecule has 204 valence electrons. The second kappa shape index (κ2) is 12.6. The van der Waals surface area contributed by atoms with E-state index in [4.69, 9.17) is 18.9 Å². The number of carbonyl (C=O) groups is 1. The maximum atomic E-state index is 14.0. The van der Waals surface area contributed by atoms with E-state index in [1.165, 1.54) is 58.3 Å². The minimum atomic E-state index is -4.27. The summed E-state index contributed by atoms with van der Waals surface area (Å²) < 4.78 is 50.3. The summed E-state index contributed by atoms with van der Waals surface area (Å²) in [4.78, 5) is 13.2. The van der Waals surface area contributed by atoms with Crippen LogP contribution in [-0.4, -0.2) is 49.3 Å². The van der Waals surface area contributed by atoms with E-state index in [0.717, 1.165) is 16.3 Å². The Labute approximate surface area is 224 Å². The van der Waals surface area contributed by atoms with E-state index in [1.54, 1.807) is 12.1 Å². The zero-order chi connectivity index (χ0) is 27.9. The fraction of sp³-hybridized carbons (Fsp3) is 0.321. The Morgan fingerprint density at radius 1 is 0.842 bits per heavy atom. The summed E-state index contributed by atoms with van der Waals surface area (Å²) in [6.07, 6.45) is 0.909. The second-order valence-electron chi connectivity index (χ2n) is 8.45. The van der Waals surface area contributed by atoms with Gasteiger partial charge in [0, 0.05) is 12.1 Å². The van der Waals surface area contributed by atoms with Crippen LogP contribution in [0.2, 0.25) is 0 Å². The van der Waals surface area contributed by atoms with Crippen molar-refractivity contribution in [2.24, 2.45) is 0 Å². The molecule has 0 unspecified atom stereocenters. The van der Waals surface area contributed by atoms with Gasteiger partial charge in [-0.05, 0) is 48.7 Å². The molecule has 1 N–H and O–H groups in total. The van der Waals surface area contributed by atoms with Gasteiger partial charge in [0.2, 0.25) is 5.91 Å². The normalized spacial score (nSPS) is 11.8. The van der Waals surface area contributed by atoms with Crippen molar-refractivity contribution < 1.29 is 32.2 Å². The highest BCUT2D eigenvalue weighted by Gasteiger charge is 2.31. The van der Waals surface area contributed by atoms with Gasteiger partial charge >= 0.3 is 0 Å². The summed E-state index contributed by atoms with van der Waals surface area (Å²) in [7, 11) is 1.50. The summed E-state index contributed by atoms with van der Waals surface area (Å²) in [5, 5.41) is 2.90. The lowest BCUT2D eigenvalue weighted by Gasteiger charge is -2.27. The van der Waals surface area contributed by atoms with Crippen molar-refractivity contribution in [1.29, 1.82) is 0 Å². The fourth-order valence-electron chi connectivity index (χ4n) is 3.94. The maximum Gasteiger partial charge on any atom is 0.265 e. The van der Waals surface area contributed by atoms with Crippen LogP contribution in [0.1, 0.15) is 31.0 Å². The molecule has 38 heavy (non-hydrogen) atoms. The molecule has 0 saturated carbocycles. The Morgan fingerprint density at radius 3 is 2.05 bits per heavy atom. The Balaban J connectivity index is 2.02. The number of sulfonamides is 1. The zero-order valence-electron chi connectivity index (χ0n) is 22.5. The average molecular weight is 543 g/mol. The average Bonchev–Trinajstić information content (AvgIpc) is 2.94. The largest absolute Gasteiger partial charge is 0.497 e. The number of ether oxygens (including phenoxy) is 4. The lowest BCUT2D eigenvalue weighted by Crippen LogP contribution is -2.41. The molecule has 10 heteroatoms. The summed E-state index contributed by atoms with van der Waals surface area (Å²) in [5.74, 6) is 0.771. The van der Waals surface area contributed by atoms with Crippen molar-refractivity contribution >= 4 is 21.6 Å². The molecule has 9 nitrogen and oxygen atoms in total. The molecule has 1 amide bonds. The fourth-order valence-corrected chi connectivity index (χ4v) is 5.38. The number of methoxy groups -OCH3 is 4. The second-order valence-corrected chi connectivity index (χ2v) is 10.3. The van der Waals surface area contributed by atoms with E-state index in [2.05, 4.69) is 12.2 Å². The third-order valence-corrected chi connectivity index (χ3v) is 7.91. The molecule has 0 spiro atoms. The number of rotatable bonds is 12. The van der Waals surface area contributed by atoms with E-state index < -0.39 is 22.5 Å². The number of amides is 1. The minimum absolute atomic E-state index is 0.0870. The first-order valence-corrected chi connectivity index (χ1v) is 13.5. The molecule has 3 rings (SSSR count). The van der Waals surface area contributed by atoms with Gasteiger partial charge in [0.05, 0.1) is 45.1 Å². The number of hydrogen-bond donors (Lipinski definition) is 1. The quantitative estimate of drug-likeness (QED) is 0.363. The molecule has 0 aliphatic carbocycles. The Bertz CT molecular complexity index is 1360. The number of nitrogens with zero attached hydrogens (tertiary/aromatic N) is 1. The molecule has 0 saturated heterocycles. The summed E-state index contributed by atoms with van der Waals surface area (Å²) in [6.45, 7) is 3.41. The maximum absolute atomic E-state index is 14.0. The SMILES string of the molecule is CCc1ccc([C@@H](C)NC(=O)CN(c2cc(OC)ccc2OC)S(=O)(=O)c2ccc(OC)c(OC)c2)cc1. The first-order chi connectivity index (χ1) is 18.2. The highest BCUT2D eigenvalue weighted by atomic mass is 32.2. The first kappa shape index (κ1) is 28.6. The van der Waals surface area contributed by atoms with E-state index in [0.29, 0.717) is 11.5 Å². The summed E-state index contributed by atoms with van der Waals surface area (Å²) >= 11 is 0. The number of anilines is 1. The predicted molar refractivity (Wildman–Crippen MR) is 146 cm³/mol. The lowest BCUT2D eigenvalue weighted by molar-refractivity contribution is -0.120. The Kier molecular flexibility index (Phi) is 9.46. The summed E-state index contributed by atoms with van der Waals surface area (Å²) in [6, 6.07) is 16.6. The van der Waals surface area contributed by atoms with E-state index in [-0.39, 0.29) is 28.1 Å². The molecule has 0 fully saturated rings. The van der Waals surface area contributed by atoms with Gasteiger partial charge < -0.3 is 24.3 Å². The Morgan fingerprint density at radius 2 is 1.47 bits per heavy atom. The smallest absolute Gasteiger partial charge is 0.265 e. The summed E-state index contributed by atoms with van der Waals surface area (Å²) in [5.41, 5.74) is 2.24. The van der Waals surface area contributed by atoms with Gasteiger partial charge in [-0.2, -0.15) is 0 Å². The van der Waals surface area contributed by atoms with Crippen molar-refractivity contribution in [2.75, 3.05) is 39.3 Å². The molecule has 0 bridgehead atoms. The number of hydrogen-bond acceptors (Lipinski definition) is 7. The van der Waals surface area contributed by atoms with Crippen LogP contribution in [0.4, 0.5) is 5.69 Å². The van der Waals surface area contributed by atoms with Gasteiger partial charge in [-0.1, -0.05) is 31.2 Å². The third-order valence-electron chi connectivity index (χ3n) is 6.15. The van der Waals surface area contributed by atoms with Crippen molar-refractivity contribution in [3.63, 3.8) is 0 Å².